The number of ketones is 1. The molecule has 0 bridgehead atoms. The molecule has 0 amide bonds. The van der Waals surface area contributed by atoms with Crippen LogP contribution < -0.4 is 31.2 Å². The summed E-state index contributed by atoms with van der Waals surface area (Å²) in [6, 6.07) is 14.7. The van der Waals surface area contributed by atoms with Gasteiger partial charge in [-0.25, -0.2) is 92.8 Å². The molecular weight excluding hydrogens is 1000 g/mol. The van der Waals surface area contributed by atoms with E-state index in [0.717, 1.165) is 0 Å². The van der Waals surface area contributed by atoms with Crippen LogP contribution in [0.4, 0.5) is 93.5 Å². The minimum Gasteiger partial charge on any atom is -0.404 e. The van der Waals surface area contributed by atoms with Gasteiger partial charge in [0.15, 0.2) is 76.0 Å². The van der Waals surface area contributed by atoms with E-state index in [1.54, 1.807) is 47.3 Å². The van der Waals surface area contributed by atoms with Crippen LogP contribution in [0.5, 0.6) is 11.6 Å². The molecule has 0 aliphatic heterocycles. The summed E-state index contributed by atoms with van der Waals surface area (Å²) in [4.78, 5) is 26.7. The normalized spacial score (nSPS) is 11.4. The Kier molecular flexibility index (Phi) is 14.3. The second kappa shape index (κ2) is 19.5. The molecule has 7 nitrogen and oxygen atoms in total. The molecule has 1 heterocycles. The molecule has 0 atom stereocenters. The zero-order valence-electron chi connectivity index (χ0n) is 33.2. The predicted octanol–water partition coefficient (Wildman–Crippen LogP) is 8.80. The Bertz CT molecular complexity index is 2910. The highest BCUT2D eigenvalue weighted by atomic mass is 19.2. The molecular formula is C42H14BF20N3O4. The number of nitro benzene ring substituents is 1. The molecule has 7 rings (SSSR count). The minimum atomic E-state index is -7.22. The summed E-state index contributed by atoms with van der Waals surface area (Å²) in [5.74, 6) is -70.9. The molecule has 0 unspecified atom stereocenters. The molecule has 364 valence electrons. The lowest BCUT2D eigenvalue weighted by atomic mass is 9.12. The Morgan fingerprint density at radius 3 is 1.19 bits per heavy atom. The molecule has 1 aromatic heterocycles. The van der Waals surface area contributed by atoms with Crippen LogP contribution in [0, 0.1) is 126 Å². The second-order valence-corrected chi connectivity index (χ2v) is 14.0. The summed E-state index contributed by atoms with van der Waals surface area (Å²) in [5.41, 5.74) is -13.8. The van der Waals surface area contributed by atoms with Gasteiger partial charge in [-0.2, -0.15) is 4.57 Å². The first kappa shape index (κ1) is 51.3. The van der Waals surface area contributed by atoms with E-state index in [1.807, 2.05) is 6.07 Å². The van der Waals surface area contributed by atoms with E-state index in [1.165, 1.54) is 24.4 Å². The summed E-state index contributed by atoms with van der Waals surface area (Å²) in [6.45, 7) is 0.0663. The van der Waals surface area contributed by atoms with Gasteiger partial charge in [0.05, 0.1) is 17.2 Å². The average molecular weight is 1020 g/mol. The summed E-state index contributed by atoms with van der Waals surface area (Å²) in [6.07, 6.45) is -2.60. The standard InChI is InChI=1S/C24BF20.C18H14N3O4/c26-5-1(6(27)14(35)21(42)13(5)34)25(2-7(28)15(36)22(43)16(37)8(2)29,3-9(30)17(38)23(44)18(39)10(3)31)4-11(32)19(40)24(45)20(41)12(4)33;22-17(14-5-2-1-3-6-14)13-20-10-9-19-12-18(20)25-16-8-4-7-15(11-16)21(23)24/h;1-12H,13H2/q-1;+1. The van der Waals surface area contributed by atoms with Crippen molar-refractivity contribution in [1.82, 2.24) is 4.98 Å². The van der Waals surface area contributed by atoms with Gasteiger partial charge < -0.3 is 4.74 Å². The third-order valence-corrected chi connectivity index (χ3v) is 10.2. The van der Waals surface area contributed by atoms with Crippen LogP contribution in [-0.4, -0.2) is 21.8 Å². The van der Waals surface area contributed by atoms with Gasteiger partial charge in [-0.1, -0.05) is 36.4 Å². The number of Topliss-reactive ketones (excluding diaryl/α,β-unsaturated/α-hetero) is 1. The van der Waals surface area contributed by atoms with Crippen LogP contribution in [0.2, 0.25) is 0 Å². The molecule has 0 fully saturated rings. The van der Waals surface area contributed by atoms with Gasteiger partial charge in [-0.3, -0.25) is 14.9 Å². The first-order valence-corrected chi connectivity index (χ1v) is 18.4. The SMILES string of the molecule is Fc1c(F)c(F)c([B-](c2c(F)c(F)c(F)c(F)c2F)(c2c(F)c(F)c(F)c(F)c2F)c2c(F)c(F)c(F)c(F)c2F)c(F)c1F.O=C(C[n+]1ccncc1Oc1cccc([N+](=O)[O-])c1)c1ccccc1. The Balaban J connectivity index is 0.000000270. The summed E-state index contributed by atoms with van der Waals surface area (Å²) < 4.78 is 301. The molecule has 0 aliphatic carbocycles. The first-order valence-electron chi connectivity index (χ1n) is 18.4. The van der Waals surface area contributed by atoms with E-state index in [-0.39, 0.29) is 18.0 Å². The van der Waals surface area contributed by atoms with Crippen molar-refractivity contribution in [3.8, 4) is 11.6 Å². The van der Waals surface area contributed by atoms with Crippen LogP contribution in [0.3, 0.4) is 0 Å². The lowest BCUT2D eigenvalue weighted by Crippen LogP contribution is -2.81. The number of hydrogen-bond donors (Lipinski definition) is 0. The highest BCUT2D eigenvalue weighted by Gasteiger charge is 2.52. The van der Waals surface area contributed by atoms with E-state index >= 15 is 35.1 Å². The minimum absolute atomic E-state index is 0.0663. The lowest BCUT2D eigenvalue weighted by Gasteiger charge is -2.44. The third kappa shape index (κ3) is 8.45. The molecule has 28 heteroatoms. The largest absolute Gasteiger partial charge is 0.404 e. The molecule has 6 aromatic carbocycles. The smallest absolute Gasteiger partial charge is 0.392 e. The number of halogens is 20. The molecule has 70 heavy (non-hydrogen) atoms. The Labute approximate surface area is 374 Å². The molecule has 0 spiro atoms. The lowest BCUT2D eigenvalue weighted by molar-refractivity contribution is -0.687. The number of benzene rings is 6. The van der Waals surface area contributed by atoms with E-state index in [0.29, 0.717) is 17.2 Å². The van der Waals surface area contributed by atoms with Crippen molar-refractivity contribution in [3.05, 3.63) is 205 Å². The van der Waals surface area contributed by atoms with Crippen molar-refractivity contribution in [3.63, 3.8) is 0 Å². The quantitative estimate of drug-likeness (QED) is 0.0200. The van der Waals surface area contributed by atoms with Crippen LogP contribution >= 0.6 is 0 Å². The monoisotopic (exact) mass is 1020 g/mol. The number of rotatable bonds is 10. The average Bonchev–Trinajstić information content (AvgIpc) is 3.35. The number of non-ortho nitro benzene ring substituents is 1. The van der Waals surface area contributed by atoms with E-state index in [2.05, 4.69) is 4.98 Å². The fourth-order valence-corrected chi connectivity index (χ4v) is 7.11. The number of carbonyl (C=O) groups is 1. The number of ether oxygens (including phenoxy) is 1. The zero-order chi connectivity index (χ0) is 52.0. The van der Waals surface area contributed by atoms with E-state index in [9.17, 15) is 67.6 Å². The maximum absolute atomic E-state index is 15.4. The van der Waals surface area contributed by atoms with Crippen molar-refractivity contribution < 1.29 is 107 Å². The van der Waals surface area contributed by atoms with E-state index < -0.39 is 149 Å². The molecule has 0 saturated carbocycles. The van der Waals surface area contributed by atoms with Gasteiger partial charge in [-0.05, 0) is 6.07 Å². The Hall–Kier alpha value is -8.07. The van der Waals surface area contributed by atoms with Crippen LogP contribution in [0.25, 0.3) is 0 Å². The highest BCUT2D eigenvalue weighted by molar-refractivity contribution is 7.20. The van der Waals surface area contributed by atoms with Crippen molar-refractivity contribution in [2.24, 2.45) is 0 Å². The summed E-state index contributed by atoms with van der Waals surface area (Å²) >= 11 is 0. The maximum Gasteiger partial charge on any atom is 0.392 e. The van der Waals surface area contributed by atoms with Crippen LogP contribution in [0.1, 0.15) is 10.4 Å². The van der Waals surface area contributed by atoms with Crippen LogP contribution in [-0.2, 0) is 6.54 Å². The van der Waals surface area contributed by atoms with E-state index in [4.69, 9.17) is 4.74 Å². The van der Waals surface area contributed by atoms with Crippen molar-refractivity contribution in [1.29, 1.82) is 0 Å². The molecule has 0 radical (unpaired) electrons. The summed E-state index contributed by atoms with van der Waals surface area (Å²) in [7, 11) is 0. The number of aromatic nitrogens is 2. The highest BCUT2D eigenvalue weighted by Crippen LogP contribution is 2.31. The van der Waals surface area contributed by atoms with Gasteiger partial charge in [0.25, 0.3) is 5.69 Å². The Morgan fingerprint density at radius 2 is 0.843 bits per heavy atom. The predicted molar refractivity (Wildman–Crippen MR) is 198 cm³/mol. The number of hydrogen-bond acceptors (Lipinski definition) is 5. The third-order valence-electron chi connectivity index (χ3n) is 10.2. The molecule has 7 aromatic rings. The van der Waals surface area contributed by atoms with Crippen molar-refractivity contribution in [2.45, 2.75) is 6.54 Å². The van der Waals surface area contributed by atoms with Gasteiger partial charge >= 0.3 is 5.88 Å². The number of nitrogens with zero attached hydrogens (tertiary/aromatic N) is 3. The fraction of sp³-hybridized carbons (Fsp3) is 0.0238. The zero-order valence-corrected chi connectivity index (χ0v) is 33.2. The Morgan fingerprint density at radius 1 is 0.500 bits per heavy atom. The van der Waals surface area contributed by atoms with Crippen LogP contribution in [0.15, 0.2) is 73.2 Å². The molecule has 0 aliphatic rings. The molecule has 0 saturated heterocycles. The maximum atomic E-state index is 15.4. The fourth-order valence-electron chi connectivity index (χ4n) is 7.11. The van der Waals surface area contributed by atoms with Crippen molar-refractivity contribution >= 4 is 39.5 Å². The van der Waals surface area contributed by atoms with Gasteiger partial charge in [0.2, 0.25) is 12.3 Å². The molecule has 0 N–H and O–H groups in total. The van der Waals surface area contributed by atoms with Gasteiger partial charge in [-0.15, -0.1) is 21.9 Å². The first-order chi connectivity index (χ1) is 32.8. The number of carbonyl (C=O) groups excluding carboxylic acids is 1. The number of nitro groups is 1. The van der Waals surface area contributed by atoms with Gasteiger partial charge in [0.1, 0.15) is 64.6 Å². The topological polar surface area (TPSA) is 86.2 Å². The van der Waals surface area contributed by atoms with Gasteiger partial charge in [0, 0.05) is 11.6 Å². The second-order valence-electron chi connectivity index (χ2n) is 14.0. The van der Waals surface area contributed by atoms with Crippen molar-refractivity contribution in [2.75, 3.05) is 0 Å². The summed E-state index contributed by atoms with van der Waals surface area (Å²) in [5, 5.41) is 10.9.